The number of para-hydroxylation sites is 1. The van der Waals surface area contributed by atoms with Crippen molar-refractivity contribution < 1.29 is 14.3 Å². The molecule has 1 aliphatic rings. The van der Waals surface area contributed by atoms with E-state index in [2.05, 4.69) is 32.0 Å². The van der Waals surface area contributed by atoms with Gasteiger partial charge in [0.2, 0.25) is 0 Å². The second-order valence-electron chi connectivity index (χ2n) is 8.64. The van der Waals surface area contributed by atoms with Gasteiger partial charge in [-0.2, -0.15) is 0 Å². The molecule has 1 aromatic heterocycles. The van der Waals surface area contributed by atoms with Crippen LogP contribution in [0.15, 0.2) is 48.5 Å². The minimum absolute atomic E-state index is 0.0317. The van der Waals surface area contributed by atoms with Gasteiger partial charge in [-0.1, -0.05) is 42.0 Å². The summed E-state index contributed by atoms with van der Waals surface area (Å²) in [5, 5.41) is 0.875. The maximum absolute atomic E-state index is 13.6. The number of aromatic nitrogens is 1. The number of esters is 1. The van der Waals surface area contributed by atoms with E-state index >= 15 is 0 Å². The van der Waals surface area contributed by atoms with Gasteiger partial charge in [0, 0.05) is 30.5 Å². The van der Waals surface area contributed by atoms with Crippen LogP contribution in [-0.2, 0) is 9.53 Å². The Morgan fingerprint density at radius 3 is 2.53 bits per heavy atom. The number of carbonyl (C=O) groups excluding carboxylic acids is 2. The second-order valence-corrected chi connectivity index (χ2v) is 8.64. The first-order valence-corrected chi connectivity index (χ1v) is 11.4. The minimum Gasteiger partial charge on any atom is -0.466 e. The van der Waals surface area contributed by atoms with E-state index in [4.69, 9.17) is 9.72 Å². The average molecular weight is 431 g/mol. The highest BCUT2D eigenvalue weighted by atomic mass is 16.5. The molecular weight excluding hydrogens is 400 g/mol. The van der Waals surface area contributed by atoms with Crippen LogP contribution in [-0.4, -0.2) is 41.5 Å². The molecule has 0 N–H and O–H groups in total. The highest BCUT2D eigenvalue weighted by Crippen LogP contribution is 2.30. The molecule has 1 fully saturated rings. The minimum atomic E-state index is -0.143. The highest BCUT2D eigenvalue weighted by molar-refractivity contribution is 6.07. The van der Waals surface area contributed by atoms with Gasteiger partial charge in [-0.3, -0.25) is 9.59 Å². The van der Waals surface area contributed by atoms with Gasteiger partial charge >= 0.3 is 5.97 Å². The lowest BCUT2D eigenvalue weighted by atomic mass is 9.92. The molecular formula is C27H30N2O3. The van der Waals surface area contributed by atoms with Crippen molar-refractivity contribution in [3.05, 3.63) is 65.2 Å². The normalized spacial score (nSPS) is 14.5. The zero-order chi connectivity index (χ0) is 22.7. The summed E-state index contributed by atoms with van der Waals surface area (Å²) in [5.41, 5.74) is 5.73. The molecule has 1 amide bonds. The van der Waals surface area contributed by atoms with Crippen LogP contribution in [0.2, 0.25) is 0 Å². The number of ether oxygens (including phenoxy) is 1. The van der Waals surface area contributed by atoms with E-state index in [0.29, 0.717) is 31.7 Å². The number of benzene rings is 2. The van der Waals surface area contributed by atoms with E-state index in [1.54, 1.807) is 0 Å². The van der Waals surface area contributed by atoms with Crippen molar-refractivity contribution in [2.24, 2.45) is 5.92 Å². The van der Waals surface area contributed by atoms with E-state index in [1.165, 1.54) is 5.56 Å². The van der Waals surface area contributed by atoms with Crippen LogP contribution < -0.4 is 0 Å². The number of nitrogens with zero attached hydrogens (tertiary/aromatic N) is 2. The van der Waals surface area contributed by atoms with Crippen LogP contribution in [0, 0.1) is 19.8 Å². The lowest BCUT2D eigenvalue weighted by molar-refractivity contribution is -0.144. The summed E-state index contributed by atoms with van der Waals surface area (Å²) in [7, 11) is 0. The predicted molar refractivity (Wildman–Crippen MR) is 127 cm³/mol. The summed E-state index contributed by atoms with van der Waals surface area (Å²) in [6.07, 6.45) is 2.07. The van der Waals surface area contributed by atoms with E-state index < -0.39 is 0 Å². The summed E-state index contributed by atoms with van der Waals surface area (Å²) in [5.74, 6) is 0.165. The lowest BCUT2D eigenvalue weighted by Crippen LogP contribution is -2.39. The first kappa shape index (κ1) is 22.0. The Kier molecular flexibility index (Phi) is 6.54. The van der Waals surface area contributed by atoms with Gasteiger partial charge in [-0.05, 0) is 57.2 Å². The van der Waals surface area contributed by atoms with Crippen LogP contribution in [0.25, 0.3) is 22.2 Å². The van der Waals surface area contributed by atoms with E-state index in [9.17, 15) is 9.59 Å². The van der Waals surface area contributed by atoms with Gasteiger partial charge in [0.25, 0.3) is 5.91 Å². The van der Waals surface area contributed by atoms with Crippen molar-refractivity contribution in [1.29, 1.82) is 0 Å². The number of likely N-dealkylation sites (tertiary alicyclic amines) is 1. The van der Waals surface area contributed by atoms with Gasteiger partial charge in [-0.15, -0.1) is 0 Å². The largest absolute Gasteiger partial charge is 0.466 e. The van der Waals surface area contributed by atoms with Crippen molar-refractivity contribution >= 4 is 22.8 Å². The third kappa shape index (κ3) is 4.67. The molecule has 1 saturated heterocycles. The molecule has 5 heteroatoms. The van der Waals surface area contributed by atoms with Crippen LogP contribution in [0.3, 0.4) is 0 Å². The fourth-order valence-corrected chi connectivity index (χ4v) is 4.56. The average Bonchev–Trinajstić information content (AvgIpc) is 2.78. The summed E-state index contributed by atoms with van der Waals surface area (Å²) in [6.45, 7) is 7.69. The molecule has 4 rings (SSSR count). The third-order valence-corrected chi connectivity index (χ3v) is 6.27. The second kappa shape index (κ2) is 9.51. The number of aryl methyl sites for hydroxylation is 2. The molecule has 0 saturated carbocycles. The van der Waals surface area contributed by atoms with E-state index in [-0.39, 0.29) is 17.8 Å². The van der Waals surface area contributed by atoms with Gasteiger partial charge in [-0.25, -0.2) is 4.98 Å². The van der Waals surface area contributed by atoms with Crippen LogP contribution >= 0.6 is 0 Å². The molecule has 0 aliphatic carbocycles. The molecule has 3 aromatic rings. The molecule has 2 aromatic carbocycles. The first-order chi connectivity index (χ1) is 15.5. The maximum atomic E-state index is 13.6. The molecule has 0 radical (unpaired) electrons. The molecule has 32 heavy (non-hydrogen) atoms. The monoisotopic (exact) mass is 430 g/mol. The molecule has 5 nitrogen and oxygen atoms in total. The van der Waals surface area contributed by atoms with Gasteiger partial charge in [0.1, 0.15) is 0 Å². The van der Waals surface area contributed by atoms with Gasteiger partial charge < -0.3 is 9.64 Å². The van der Waals surface area contributed by atoms with Gasteiger partial charge in [0.05, 0.1) is 23.4 Å². The lowest BCUT2D eigenvalue weighted by Gasteiger charge is -2.32. The van der Waals surface area contributed by atoms with Gasteiger partial charge in [0.15, 0.2) is 0 Å². The van der Waals surface area contributed by atoms with Crippen molar-refractivity contribution in [2.45, 2.75) is 40.0 Å². The zero-order valence-corrected chi connectivity index (χ0v) is 19.1. The Bertz CT molecular complexity index is 1150. The van der Waals surface area contributed by atoms with Crippen LogP contribution in [0.4, 0.5) is 0 Å². The number of hydrogen-bond acceptors (Lipinski definition) is 4. The maximum Gasteiger partial charge on any atom is 0.306 e. The zero-order valence-electron chi connectivity index (χ0n) is 19.1. The fraction of sp³-hybridized carbons (Fsp3) is 0.370. The third-order valence-electron chi connectivity index (χ3n) is 6.27. The SMILES string of the molecule is CCOC(=O)CC1CCN(C(=O)c2cc(-c3ccc(C)cc3C)nc3ccccc23)CC1. The van der Waals surface area contributed by atoms with E-state index in [1.807, 2.05) is 42.2 Å². The molecule has 0 spiro atoms. The summed E-state index contributed by atoms with van der Waals surface area (Å²) < 4.78 is 5.08. The Labute approximate surface area is 189 Å². The number of rotatable bonds is 5. The number of hydrogen-bond donors (Lipinski definition) is 0. The number of fused-ring (bicyclic) bond motifs is 1. The first-order valence-electron chi connectivity index (χ1n) is 11.4. The van der Waals surface area contributed by atoms with Crippen LogP contribution in [0.1, 0.15) is 47.7 Å². The van der Waals surface area contributed by atoms with Crippen molar-refractivity contribution in [3.63, 3.8) is 0 Å². The molecule has 1 aliphatic heterocycles. The standard InChI is InChI=1S/C27H30N2O3/c1-4-32-26(30)16-20-11-13-29(14-12-20)27(31)23-17-25(21-10-9-18(2)15-19(21)3)28-24-8-6-5-7-22(23)24/h5-10,15,17,20H,4,11-14,16H2,1-3H3. The Hall–Kier alpha value is -3.21. The molecule has 0 atom stereocenters. The van der Waals surface area contributed by atoms with Crippen LogP contribution in [0.5, 0.6) is 0 Å². The number of amides is 1. The summed E-state index contributed by atoms with van der Waals surface area (Å²) >= 11 is 0. The van der Waals surface area contributed by atoms with Crippen molar-refractivity contribution in [2.75, 3.05) is 19.7 Å². The summed E-state index contributed by atoms with van der Waals surface area (Å²) in [4.78, 5) is 32.2. The number of carbonyl (C=O) groups is 2. The molecule has 0 unspecified atom stereocenters. The smallest absolute Gasteiger partial charge is 0.306 e. The Balaban J connectivity index is 1.61. The molecule has 166 valence electrons. The number of piperidine rings is 1. The van der Waals surface area contributed by atoms with Crippen molar-refractivity contribution in [1.82, 2.24) is 9.88 Å². The highest BCUT2D eigenvalue weighted by Gasteiger charge is 2.27. The molecule has 2 heterocycles. The van der Waals surface area contributed by atoms with E-state index in [0.717, 1.165) is 40.6 Å². The van der Waals surface area contributed by atoms with Crippen molar-refractivity contribution in [3.8, 4) is 11.3 Å². The predicted octanol–water partition coefficient (Wildman–Crippen LogP) is 5.32. The fourth-order valence-electron chi connectivity index (χ4n) is 4.56. The summed E-state index contributed by atoms with van der Waals surface area (Å²) in [6, 6.07) is 16.1. The quantitative estimate of drug-likeness (QED) is 0.514. The Morgan fingerprint density at radius 1 is 1.06 bits per heavy atom. The number of pyridine rings is 1. The molecule has 0 bridgehead atoms. The topological polar surface area (TPSA) is 59.5 Å². The Morgan fingerprint density at radius 2 is 1.81 bits per heavy atom.